The molecule has 0 amide bonds. The lowest BCUT2D eigenvalue weighted by molar-refractivity contribution is 0.284. The predicted molar refractivity (Wildman–Crippen MR) is 112 cm³/mol. The molecule has 0 aliphatic rings. The van der Waals surface area contributed by atoms with Gasteiger partial charge in [0.15, 0.2) is 11.5 Å². The molecule has 1 N–H and O–H groups in total. The average Bonchev–Trinajstić information content (AvgIpc) is 2.74. The molecular weight excluding hydrogens is 393 g/mol. The molecule has 0 saturated heterocycles. The van der Waals surface area contributed by atoms with Crippen LogP contribution in [0.15, 0.2) is 60.7 Å². The Labute approximate surface area is 175 Å². The topological polar surface area (TPSA) is 39.7 Å². The minimum atomic E-state index is -0.282. The molecule has 0 atom stereocenters. The van der Waals surface area contributed by atoms with E-state index >= 15 is 0 Å². The van der Waals surface area contributed by atoms with Crippen molar-refractivity contribution in [2.75, 3.05) is 14.2 Å². The van der Waals surface area contributed by atoms with Crippen molar-refractivity contribution in [1.29, 1.82) is 0 Å². The molecule has 0 spiro atoms. The van der Waals surface area contributed by atoms with Crippen molar-refractivity contribution in [3.63, 3.8) is 0 Å². The van der Waals surface area contributed by atoms with E-state index in [1.807, 2.05) is 36.4 Å². The zero-order valence-electron chi connectivity index (χ0n) is 16.4. The van der Waals surface area contributed by atoms with E-state index in [-0.39, 0.29) is 12.4 Å². The van der Waals surface area contributed by atoms with E-state index in [4.69, 9.17) is 25.8 Å². The second-order valence-electron chi connectivity index (χ2n) is 6.48. The Balaban J connectivity index is 1.61. The van der Waals surface area contributed by atoms with Gasteiger partial charge in [-0.2, -0.15) is 0 Å². The zero-order chi connectivity index (χ0) is 20.6. The lowest BCUT2D eigenvalue weighted by Crippen LogP contribution is -2.13. The largest absolute Gasteiger partial charge is 0.497 e. The Kier molecular flexibility index (Phi) is 7.33. The highest BCUT2D eigenvalue weighted by Gasteiger charge is 2.12. The van der Waals surface area contributed by atoms with Gasteiger partial charge >= 0.3 is 0 Å². The van der Waals surface area contributed by atoms with Gasteiger partial charge in [-0.1, -0.05) is 35.9 Å². The van der Waals surface area contributed by atoms with Gasteiger partial charge in [0.2, 0.25) is 0 Å². The van der Waals surface area contributed by atoms with Crippen LogP contribution in [0.3, 0.4) is 0 Å². The summed E-state index contributed by atoms with van der Waals surface area (Å²) in [6.07, 6.45) is 0. The van der Waals surface area contributed by atoms with Crippen molar-refractivity contribution >= 4 is 11.6 Å². The lowest BCUT2D eigenvalue weighted by Gasteiger charge is -2.15. The van der Waals surface area contributed by atoms with E-state index in [2.05, 4.69) is 5.32 Å². The predicted octanol–water partition coefficient (Wildman–Crippen LogP) is 5.37. The number of nitrogens with one attached hydrogen (secondary N) is 1. The molecule has 6 heteroatoms. The maximum atomic E-state index is 13.0. The summed E-state index contributed by atoms with van der Waals surface area (Å²) in [7, 11) is 3.22. The molecular formula is C23H23ClFNO3. The third-order valence-corrected chi connectivity index (χ3v) is 4.68. The van der Waals surface area contributed by atoms with Gasteiger partial charge < -0.3 is 19.5 Å². The molecule has 3 rings (SSSR count). The van der Waals surface area contributed by atoms with E-state index in [0.29, 0.717) is 29.6 Å². The molecule has 0 fully saturated rings. The molecule has 0 bridgehead atoms. The first kappa shape index (κ1) is 21.0. The Morgan fingerprint density at radius 3 is 2.14 bits per heavy atom. The molecule has 0 radical (unpaired) electrons. The second kappa shape index (κ2) is 10.1. The molecule has 0 heterocycles. The summed E-state index contributed by atoms with van der Waals surface area (Å²) < 4.78 is 29.5. The molecule has 4 nitrogen and oxygen atoms in total. The van der Waals surface area contributed by atoms with E-state index in [1.54, 1.807) is 26.4 Å². The maximum absolute atomic E-state index is 13.0. The first-order valence-corrected chi connectivity index (χ1v) is 9.54. The van der Waals surface area contributed by atoms with Gasteiger partial charge in [0.05, 0.1) is 19.2 Å². The minimum Gasteiger partial charge on any atom is -0.497 e. The monoisotopic (exact) mass is 415 g/mol. The number of methoxy groups -OCH3 is 2. The van der Waals surface area contributed by atoms with Crippen LogP contribution in [0.4, 0.5) is 4.39 Å². The third-order valence-electron chi connectivity index (χ3n) is 4.40. The Bertz CT molecular complexity index is 930. The van der Waals surface area contributed by atoms with Gasteiger partial charge in [-0.3, -0.25) is 0 Å². The first-order chi connectivity index (χ1) is 14.1. The van der Waals surface area contributed by atoms with Crippen LogP contribution < -0.4 is 19.5 Å². The van der Waals surface area contributed by atoms with Crippen LogP contribution in [0.25, 0.3) is 0 Å². The van der Waals surface area contributed by atoms with Crippen LogP contribution in [0, 0.1) is 5.82 Å². The zero-order valence-corrected chi connectivity index (χ0v) is 17.1. The number of halogens is 2. The lowest BCUT2D eigenvalue weighted by atomic mass is 10.1. The van der Waals surface area contributed by atoms with Crippen molar-refractivity contribution in [3.05, 3.63) is 88.2 Å². The highest BCUT2D eigenvalue weighted by Crippen LogP contribution is 2.37. The third kappa shape index (κ3) is 5.86. The fraction of sp³-hybridized carbons (Fsp3) is 0.217. The SMILES string of the molecule is COc1ccc(CNCc2cc(Cl)c(OCc3ccc(F)cc3)c(OC)c2)cc1. The van der Waals surface area contributed by atoms with Crippen LogP contribution >= 0.6 is 11.6 Å². The average molecular weight is 416 g/mol. The van der Waals surface area contributed by atoms with Crippen molar-refractivity contribution in [2.24, 2.45) is 0 Å². The second-order valence-corrected chi connectivity index (χ2v) is 6.88. The van der Waals surface area contributed by atoms with Gasteiger partial charge in [-0.05, 0) is 53.1 Å². The van der Waals surface area contributed by atoms with Crippen LogP contribution in [-0.4, -0.2) is 14.2 Å². The van der Waals surface area contributed by atoms with Crippen molar-refractivity contribution < 1.29 is 18.6 Å². The van der Waals surface area contributed by atoms with Crippen LogP contribution in [0.5, 0.6) is 17.2 Å². The highest BCUT2D eigenvalue weighted by atomic mass is 35.5. The summed E-state index contributed by atoms with van der Waals surface area (Å²) in [5, 5.41) is 3.85. The Hall–Kier alpha value is -2.76. The highest BCUT2D eigenvalue weighted by molar-refractivity contribution is 6.32. The number of rotatable bonds is 9. The van der Waals surface area contributed by atoms with Gasteiger partial charge in [0.25, 0.3) is 0 Å². The van der Waals surface area contributed by atoms with Crippen LogP contribution in [-0.2, 0) is 19.7 Å². The normalized spacial score (nSPS) is 10.6. The van der Waals surface area contributed by atoms with Gasteiger partial charge in [-0.15, -0.1) is 0 Å². The van der Waals surface area contributed by atoms with Gasteiger partial charge in [-0.25, -0.2) is 4.39 Å². The quantitative estimate of drug-likeness (QED) is 0.510. The first-order valence-electron chi connectivity index (χ1n) is 9.16. The van der Waals surface area contributed by atoms with E-state index in [0.717, 1.165) is 22.4 Å². The maximum Gasteiger partial charge on any atom is 0.180 e. The van der Waals surface area contributed by atoms with E-state index in [9.17, 15) is 4.39 Å². The summed E-state index contributed by atoms with van der Waals surface area (Å²) in [5.74, 6) is 1.58. The van der Waals surface area contributed by atoms with Crippen molar-refractivity contribution in [1.82, 2.24) is 5.32 Å². The summed E-state index contributed by atoms with van der Waals surface area (Å²) in [5.41, 5.74) is 2.98. The minimum absolute atomic E-state index is 0.269. The number of benzene rings is 3. The van der Waals surface area contributed by atoms with Gasteiger partial charge in [0.1, 0.15) is 18.2 Å². The Morgan fingerprint density at radius 2 is 1.48 bits per heavy atom. The fourth-order valence-electron chi connectivity index (χ4n) is 2.85. The molecule has 0 aliphatic heterocycles. The van der Waals surface area contributed by atoms with E-state index < -0.39 is 0 Å². The van der Waals surface area contributed by atoms with Crippen molar-refractivity contribution in [2.45, 2.75) is 19.7 Å². The van der Waals surface area contributed by atoms with Crippen molar-refractivity contribution in [3.8, 4) is 17.2 Å². The fourth-order valence-corrected chi connectivity index (χ4v) is 3.13. The van der Waals surface area contributed by atoms with Crippen LogP contribution in [0.2, 0.25) is 5.02 Å². The Morgan fingerprint density at radius 1 is 0.828 bits per heavy atom. The molecule has 0 aromatic heterocycles. The number of ether oxygens (including phenoxy) is 3. The van der Waals surface area contributed by atoms with E-state index in [1.165, 1.54) is 12.1 Å². The molecule has 0 aliphatic carbocycles. The smallest absolute Gasteiger partial charge is 0.180 e. The summed E-state index contributed by atoms with van der Waals surface area (Å²) in [4.78, 5) is 0. The standard InChI is InChI=1S/C23H23ClFNO3/c1-27-20-9-5-16(6-10-20)13-26-14-18-11-21(24)23(22(12-18)28-2)29-15-17-3-7-19(25)8-4-17/h3-12,26H,13-15H2,1-2H3. The molecule has 0 saturated carbocycles. The van der Waals surface area contributed by atoms with Crippen LogP contribution in [0.1, 0.15) is 16.7 Å². The summed E-state index contributed by atoms with van der Waals surface area (Å²) in [6.45, 7) is 1.61. The summed E-state index contributed by atoms with van der Waals surface area (Å²) >= 11 is 6.43. The number of hydrogen-bond acceptors (Lipinski definition) is 4. The summed E-state index contributed by atoms with van der Waals surface area (Å²) in [6, 6.07) is 17.8. The molecule has 152 valence electrons. The molecule has 3 aromatic rings. The molecule has 3 aromatic carbocycles. The van der Waals surface area contributed by atoms with Gasteiger partial charge in [0, 0.05) is 13.1 Å². The molecule has 0 unspecified atom stereocenters. The number of hydrogen-bond donors (Lipinski definition) is 1. The molecule has 29 heavy (non-hydrogen) atoms.